The van der Waals surface area contributed by atoms with Gasteiger partial charge in [-0.15, -0.1) is 0 Å². The zero-order chi connectivity index (χ0) is 15.7. The van der Waals surface area contributed by atoms with Crippen LogP contribution in [0.4, 0.5) is 13.2 Å². The number of aromatic amines is 1. The van der Waals surface area contributed by atoms with E-state index in [1.54, 1.807) is 12.1 Å². The molecule has 114 valence electrons. The van der Waals surface area contributed by atoms with Gasteiger partial charge in [-0.1, -0.05) is 25.2 Å². The van der Waals surface area contributed by atoms with Crippen LogP contribution < -0.4 is 0 Å². The molecule has 6 heteroatoms. The summed E-state index contributed by atoms with van der Waals surface area (Å²) < 4.78 is 39.8. The number of H-pyrrole nitrogens is 1. The van der Waals surface area contributed by atoms with E-state index >= 15 is 0 Å². The monoisotopic (exact) mass is 305 g/mol. The highest BCUT2D eigenvalue weighted by Crippen LogP contribution is 2.40. The van der Waals surface area contributed by atoms with Crippen LogP contribution in [0.3, 0.4) is 0 Å². The number of nitrogens with zero attached hydrogens (tertiary/aromatic N) is 2. The van der Waals surface area contributed by atoms with E-state index in [0.29, 0.717) is 16.8 Å². The lowest BCUT2D eigenvalue weighted by Gasteiger charge is -2.13. The number of nitrogens with one attached hydrogen (secondary N) is 1. The first kappa shape index (κ1) is 14.6. The smallest absolute Gasteiger partial charge is 0.272 e. The molecule has 22 heavy (non-hydrogen) atoms. The van der Waals surface area contributed by atoms with E-state index < -0.39 is 11.9 Å². The van der Waals surface area contributed by atoms with Gasteiger partial charge in [-0.05, 0) is 35.6 Å². The second-order valence-electron chi connectivity index (χ2n) is 5.29. The minimum Gasteiger partial charge on any atom is -0.272 e. The molecule has 1 unspecified atom stereocenters. The van der Waals surface area contributed by atoms with Gasteiger partial charge >= 0.3 is 6.18 Å². The van der Waals surface area contributed by atoms with Crippen LogP contribution >= 0.6 is 0 Å². The highest BCUT2D eigenvalue weighted by molar-refractivity contribution is 5.85. The lowest BCUT2D eigenvalue weighted by atomic mass is 9.92. The largest absolute Gasteiger partial charge is 0.433 e. The van der Waals surface area contributed by atoms with Crippen molar-refractivity contribution in [1.29, 1.82) is 0 Å². The molecule has 3 nitrogen and oxygen atoms in total. The fourth-order valence-corrected chi connectivity index (χ4v) is 2.55. The van der Waals surface area contributed by atoms with E-state index in [1.165, 1.54) is 12.4 Å². The van der Waals surface area contributed by atoms with Crippen LogP contribution in [0.25, 0.3) is 16.7 Å². The van der Waals surface area contributed by atoms with Crippen molar-refractivity contribution in [2.24, 2.45) is 5.92 Å². The second-order valence-corrected chi connectivity index (χ2v) is 5.29. The molecule has 2 aromatic heterocycles. The Balaban J connectivity index is 2.20. The summed E-state index contributed by atoms with van der Waals surface area (Å²) in [5, 5.41) is 6.09. The van der Waals surface area contributed by atoms with Gasteiger partial charge in [0.05, 0.1) is 0 Å². The molecule has 0 radical (unpaired) electrons. The molecule has 0 saturated carbocycles. The summed E-state index contributed by atoms with van der Waals surface area (Å²) in [4.78, 5) is 3.86. The third-order valence-corrected chi connectivity index (χ3v) is 3.56. The van der Waals surface area contributed by atoms with Crippen molar-refractivity contribution in [3.05, 3.63) is 54.1 Å². The van der Waals surface area contributed by atoms with Gasteiger partial charge in [0.1, 0.15) is 11.4 Å². The van der Waals surface area contributed by atoms with Gasteiger partial charge < -0.3 is 0 Å². The van der Waals surface area contributed by atoms with E-state index in [0.717, 1.165) is 6.42 Å². The molecule has 0 amide bonds. The van der Waals surface area contributed by atoms with Crippen LogP contribution in [0.1, 0.15) is 24.7 Å². The molecular weight excluding hydrogens is 291 g/mol. The zero-order valence-corrected chi connectivity index (χ0v) is 11.9. The molecule has 1 atom stereocenters. The summed E-state index contributed by atoms with van der Waals surface area (Å²) in [6.07, 6.45) is 5.05. The number of halogens is 3. The van der Waals surface area contributed by atoms with Crippen LogP contribution in [0.15, 0.2) is 42.8 Å². The van der Waals surface area contributed by atoms with Crippen molar-refractivity contribution in [3.8, 4) is 11.1 Å². The number of alkyl halides is 3. The molecule has 0 aliphatic heterocycles. The number of pyridine rings is 1. The molecule has 0 saturated heterocycles. The van der Waals surface area contributed by atoms with E-state index in [9.17, 15) is 13.2 Å². The number of hydrogen-bond donors (Lipinski definition) is 1. The van der Waals surface area contributed by atoms with Crippen molar-refractivity contribution in [1.82, 2.24) is 15.2 Å². The maximum atomic E-state index is 13.3. The Labute approximate surface area is 125 Å². The minimum absolute atomic E-state index is 0.0694. The lowest BCUT2D eigenvalue weighted by molar-refractivity contribution is -0.140. The Morgan fingerprint density at radius 2 is 1.95 bits per heavy atom. The van der Waals surface area contributed by atoms with E-state index in [1.807, 2.05) is 25.2 Å². The molecule has 2 heterocycles. The highest BCUT2D eigenvalue weighted by Gasteiger charge is 2.38. The van der Waals surface area contributed by atoms with Crippen molar-refractivity contribution >= 4 is 5.57 Å². The van der Waals surface area contributed by atoms with Crippen LogP contribution in [0.2, 0.25) is 0 Å². The van der Waals surface area contributed by atoms with Gasteiger partial charge in [0, 0.05) is 18.0 Å². The first-order chi connectivity index (χ1) is 10.5. The Kier molecular flexibility index (Phi) is 3.60. The molecule has 1 N–H and O–H groups in total. The number of allylic oxidation sites excluding steroid dienone is 4. The number of hydrogen-bond acceptors (Lipinski definition) is 2. The van der Waals surface area contributed by atoms with Gasteiger partial charge in [-0.25, -0.2) is 0 Å². The first-order valence-electron chi connectivity index (χ1n) is 6.91. The van der Waals surface area contributed by atoms with Gasteiger partial charge in [0.2, 0.25) is 0 Å². The molecule has 0 aromatic carbocycles. The minimum atomic E-state index is -4.49. The SMILES string of the molecule is CC1C=C(c2n[nH]c(C(F)(F)F)c2-c2ccncc2)C=CC1. The van der Waals surface area contributed by atoms with Crippen molar-refractivity contribution in [2.45, 2.75) is 19.5 Å². The molecule has 1 aliphatic carbocycles. The summed E-state index contributed by atoms with van der Waals surface area (Å²) in [6, 6.07) is 3.11. The van der Waals surface area contributed by atoms with Gasteiger partial charge in [-0.2, -0.15) is 18.3 Å². The van der Waals surface area contributed by atoms with Gasteiger partial charge in [0.25, 0.3) is 0 Å². The lowest BCUT2D eigenvalue weighted by Crippen LogP contribution is -2.07. The van der Waals surface area contributed by atoms with Crippen LogP contribution in [0, 0.1) is 5.92 Å². The Bertz CT molecular complexity index is 727. The Morgan fingerprint density at radius 3 is 2.59 bits per heavy atom. The maximum Gasteiger partial charge on any atom is 0.433 e. The number of aromatic nitrogens is 3. The Morgan fingerprint density at radius 1 is 1.23 bits per heavy atom. The molecular formula is C16H14F3N3. The highest BCUT2D eigenvalue weighted by atomic mass is 19.4. The fourth-order valence-electron chi connectivity index (χ4n) is 2.55. The summed E-state index contributed by atoms with van der Waals surface area (Å²) in [6.45, 7) is 2.02. The number of rotatable bonds is 2. The fraction of sp³-hybridized carbons (Fsp3) is 0.250. The first-order valence-corrected chi connectivity index (χ1v) is 6.91. The molecule has 0 fully saturated rings. The van der Waals surface area contributed by atoms with Crippen LogP contribution in [-0.4, -0.2) is 15.2 Å². The summed E-state index contributed by atoms with van der Waals surface area (Å²) in [7, 11) is 0. The topological polar surface area (TPSA) is 41.6 Å². The van der Waals surface area contributed by atoms with E-state index in [-0.39, 0.29) is 11.5 Å². The predicted molar refractivity (Wildman–Crippen MR) is 77.7 cm³/mol. The van der Waals surface area contributed by atoms with Gasteiger partial charge in [0.15, 0.2) is 0 Å². The van der Waals surface area contributed by atoms with Crippen molar-refractivity contribution in [2.75, 3.05) is 0 Å². The van der Waals surface area contributed by atoms with E-state index in [4.69, 9.17) is 0 Å². The third-order valence-electron chi connectivity index (χ3n) is 3.56. The molecule has 3 rings (SSSR count). The molecule has 0 bridgehead atoms. The second kappa shape index (κ2) is 5.44. The van der Waals surface area contributed by atoms with Crippen LogP contribution in [-0.2, 0) is 6.18 Å². The maximum absolute atomic E-state index is 13.3. The standard InChI is InChI=1S/C16H14F3N3/c1-10-3-2-4-12(9-10)14-13(11-5-7-20-8-6-11)15(22-21-14)16(17,18)19/h2,4-10H,3H2,1H3,(H,21,22). The average Bonchev–Trinajstić information content (AvgIpc) is 2.93. The van der Waals surface area contributed by atoms with Gasteiger partial charge in [-0.3, -0.25) is 10.1 Å². The molecule has 1 aliphatic rings. The third kappa shape index (κ3) is 2.68. The summed E-state index contributed by atoms with van der Waals surface area (Å²) >= 11 is 0. The summed E-state index contributed by atoms with van der Waals surface area (Å²) in [5.74, 6) is 0.274. The van der Waals surface area contributed by atoms with E-state index in [2.05, 4.69) is 15.2 Å². The Hall–Kier alpha value is -2.37. The van der Waals surface area contributed by atoms with Crippen LogP contribution in [0.5, 0.6) is 0 Å². The molecule has 0 spiro atoms. The average molecular weight is 305 g/mol. The zero-order valence-electron chi connectivity index (χ0n) is 11.9. The quantitative estimate of drug-likeness (QED) is 0.889. The normalized spacial score (nSPS) is 18.4. The predicted octanol–water partition coefficient (Wildman–Crippen LogP) is 4.47. The van der Waals surface area contributed by atoms with Crippen molar-refractivity contribution in [3.63, 3.8) is 0 Å². The molecule has 2 aromatic rings. The summed E-state index contributed by atoms with van der Waals surface area (Å²) in [5.41, 5.74) is 0.707. The van der Waals surface area contributed by atoms with Crippen molar-refractivity contribution < 1.29 is 13.2 Å².